The van der Waals surface area contributed by atoms with Crippen LogP contribution < -0.4 is 0 Å². The molecule has 1 aromatic carbocycles. The van der Waals surface area contributed by atoms with Gasteiger partial charge >= 0.3 is 0 Å². The fraction of sp³-hybridized carbons (Fsp3) is 0.400. The quantitative estimate of drug-likeness (QED) is 0.558. The number of rotatable bonds is 8. The Balaban J connectivity index is 1.41. The fourth-order valence-electron chi connectivity index (χ4n) is 3.94. The molecule has 1 unspecified atom stereocenters. The second kappa shape index (κ2) is 10.6. The molecule has 3 heterocycles. The van der Waals surface area contributed by atoms with Gasteiger partial charge in [0.05, 0.1) is 18.9 Å². The van der Waals surface area contributed by atoms with E-state index in [0.29, 0.717) is 13.2 Å². The predicted octanol–water partition coefficient (Wildman–Crippen LogP) is 3.53. The molecule has 0 saturated carbocycles. The predicted molar refractivity (Wildman–Crippen MR) is 120 cm³/mol. The minimum atomic E-state index is -0.0231. The second-order valence-corrected chi connectivity index (χ2v) is 8.05. The number of hydrogen-bond acceptors (Lipinski definition) is 6. The minimum absolute atomic E-state index is 0.0231. The highest BCUT2D eigenvalue weighted by atomic mass is 16.5. The van der Waals surface area contributed by atoms with E-state index in [2.05, 4.69) is 64.3 Å². The van der Waals surface area contributed by atoms with Crippen LogP contribution in [0.5, 0.6) is 0 Å². The molecule has 0 radical (unpaired) electrons. The van der Waals surface area contributed by atoms with Gasteiger partial charge in [-0.15, -0.1) is 0 Å². The molecule has 2 aromatic heterocycles. The van der Waals surface area contributed by atoms with Crippen molar-refractivity contribution in [2.75, 3.05) is 33.4 Å². The Morgan fingerprint density at radius 1 is 1.06 bits per heavy atom. The molecule has 0 bridgehead atoms. The third-order valence-electron chi connectivity index (χ3n) is 5.46. The van der Waals surface area contributed by atoms with Crippen LogP contribution in [0.15, 0.2) is 54.9 Å². The Morgan fingerprint density at radius 3 is 2.65 bits per heavy atom. The summed E-state index contributed by atoms with van der Waals surface area (Å²) in [6.07, 6.45) is 5.46. The molecule has 31 heavy (non-hydrogen) atoms. The normalized spacial score (nSPS) is 17.0. The van der Waals surface area contributed by atoms with E-state index in [1.165, 1.54) is 11.1 Å². The van der Waals surface area contributed by atoms with Gasteiger partial charge in [-0.25, -0.2) is 9.97 Å². The smallest absolute Gasteiger partial charge is 0.130 e. The first-order valence-electron chi connectivity index (χ1n) is 10.8. The summed E-state index contributed by atoms with van der Waals surface area (Å²) in [5.41, 5.74) is 5.74. The van der Waals surface area contributed by atoms with Crippen LogP contribution in [0, 0.1) is 6.92 Å². The molecule has 0 aliphatic carbocycles. The first-order chi connectivity index (χ1) is 15.2. The zero-order chi connectivity index (χ0) is 21.5. The van der Waals surface area contributed by atoms with Gasteiger partial charge < -0.3 is 9.47 Å². The van der Waals surface area contributed by atoms with Gasteiger partial charge in [0.2, 0.25) is 0 Å². The van der Waals surface area contributed by atoms with Crippen LogP contribution in [-0.4, -0.2) is 53.3 Å². The summed E-state index contributed by atoms with van der Waals surface area (Å²) in [7, 11) is 1.69. The first-order valence-corrected chi connectivity index (χ1v) is 10.8. The molecule has 0 N–H and O–H groups in total. The van der Waals surface area contributed by atoms with E-state index >= 15 is 0 Å². The molecule has 0 amide bonds. The third-order valence-corrected chi connectivity index (χ3v) is 5.46. The lowest BCUT2D eigenvalue weighted by atomic mass is 10.0. The van der Waals surface area contributed by atoms with Crippen LogP contribution >= 0.6 is 0 Å². The second-order valence-electron chi connectivity index (χ2n) is 8.05. The number of nitrogens with zero attached hydrogens (tertiary/aromatic N) is 4. The van der Waals surface area contributed by atoms with Gasteiger partial charge in [0.1, 0.15) is 11.9 Å². The van der Waals surface area contributed by atoms with Crippen LogP contribution in [0.2, 0.25) is 0 Å². The highest BCUT2D eigenvalue weighted by Gasteiger charge is 2.24. The summed E-state index contributed by atoms with van der Waals surface area (Å²) < 4.78 is 11.2. The van der Waals surface area contributed by atoms with E-state index < -0.39 is 0 Å². The van der Waals surface area contributed by atoms with Gasteiger partial charge in [-0.3, -0.25) is 9.88 Å². The average molecular weight is 419 g/mol. The van der Waals surface area contributed by atoms with Gasteiger partial charge in [0, 0.05) is 56.8 Å². The Morgan fingerprint density at radius 2 is 1.87 bits per heavy atom. The zero-order valence-corrected chi connectivity index (χ0v) is 18.3. The van der Waals surface area contributed by atoms with E-state index in [-0.39, 0.29) is 6.10 Å². The number of hydrogen-bond donors (Lipinski definition) is 0. The number of aryl methyl sites for hydroxylation is 1. The average Bonchev–Trinajstić information content (AvgIpc) is 2.79. The van der Waals surface area contributed by atoms with Gasteiger partial charge in [0.25, 0.3) is 0 Å². The summed E-state index contributed by atoms with van der Waals surface area (Å²) in [5, 5.41) is 0. The van der Waals surface area contributed by atoms with E-state index in [0.717, 1.165) is 55.3 Å². The topological polar surface area (TPSA) is 60.4 Å². The van der Waals surface area contributed by atoms with Crippen molar-refractivity contribution in [1.29, 1.82) is 0 Å². The number of methoxy groups -OCH3 is 1. The van der Waals surface area contributed by atoms with Crippen LogP contribution in [0.3, 0.4) is 0 Å². The van der Waals surface area contributed by atoms with Gasteiger partial charge in [0.15, 0.2) is 0 Å². The Bertz CT molecular complexity index is 963. The van der Waals surface area contributed by atoms with E-state index in [1.54, 1.807) is 7.11 Å². The molecule has 162 valence electrons. The lowest BCUT2D eigenvalue weighted by Crippen LogP contribution is -2.38. The summed E-state index contributed by atoms with van der Waals surface area (Å²) >= 11 is 0. The summed E-state index contributed by atoms with van der Waals surface area (Å²) in [5.74, 6) is 0.820. The van der Waals surface area contributed by atoms with Crippen molar-refractivity contribution in [3.05, 3.63) is 88.8 Å². The lowest BCUT2D eigenvalue weighted by molar-refractivity contribution is -0.0351. The molecular formula is C25H30N4O2. The fourth-order valence-corrected chi connectivity index (χ4v) is 3.94. The lowest BCUT2D eigenvalue weighted by Gasteiger charge is -2.32. The van der Waals surface area contributed by atoms with Crippen molar-refractivity contribution in [3.63, 3.8) is 0 Å². The summed E-state index contributed by atoms with van der Waals surface area (Å²) in [4.78, 5) is 16.1. The number of morpholine rings is 1. The van der Waals surface area contributed by atoms with Crippen LogP contribution in [-0.2, 0) is 28.9 Å². The molecule has 6 nitrogen and oxygen atoms in total. The van der Waals surface area contributed by atoms with Crippen molar-refractivity contribution in [2.45, 2.75) is 32.4 Å². The molecule has 1 aliphatic heterocycles. The molecule has 1 fully saturated rings. The van der Waals surface area contributed by atoms with Crippen molar-refractivity contribution in [2.24, 2.45) is 0 Å². The van der Waals surface area contributed by atoms with Crippen molar-refractivity contribution >= 4 is 0 Å². The number of aromatic nitrogens is 3. The Hall–Kier alpha value is -2.67. The first kappa shape index (κ1) is 21.6. The standard InChI is InChI=1S/C25H30N4O2/c1-19-12-21(13-20-6-4-3-5-7-20)14-23(28-19)24-18-29(9-11-31-24)17-22-15-26-25(27-16-22)8-10-30-2/h3-7,12,14-16,24H,8-11,13,17-18H2,1-2H3. The van der Waals surface area contributed by atoms with Crippen LogP contribution in [0.4, 0.5) is 0 Å². The van der Waals surface area contributed by atoms with Gasteiger partial charge in [-0.05, 0) is 36.6 Å². The minimum Gasteiger partial charge on any atom is -0.384 e. The largest absolute Gasteiger partial charge is 0.384 e. The van der Waals surface area contributed by atoms with Crippen LogP contribution in [0.25, 0.3) is 0 Å². The number of pyridine rings is 1. The molecule has 6 heteroatoms. The Kier molecular flexibility index (Phi) is 7.35. The highest BCUT2D eigenvalue weighted by molar-refractivity contribution is 5.29. The van der Waals surface area contributed by atoms with Gasteiger partial charge in [-0.1, -0.05) is 30.3 Å². The third kappa shape index (κ3) is 6.17. The summed E-state index contributed by atoms with van der Waals surface area (Å²) in [6.45, 7) is 5.91. The number of benzene rings is 1. The van der Waals surface area contributed by atoms with Crippen molar-refractivity contribution in [3.8, 4) is 0 Å². The molecule has 1 saturated heterocycles. The van der Waals surface area contributed by atoms with Crippen LogP contribution in [0.1, 0.15) is 40.0 Å². The van der Waals surface area contributed by atoms with E-state index in [1.807, 2.05) is 12.4 Å². The maximum Gasteiger partial charge on any atom is 0.130 e. The van der Waals surface area contributed by atoms with E-state index in [4.69, 9.17) is 14.5 Å². The van der Waals surface area contributed by atoms with Gasteiger partial charge in [-0.2, -0.15) is 0 Å². The molecule has 3 aromatic rings. The molecule has 0 spiro atoms. The number of ether oxygens (including phenoxy) is 2. The molecule has 1 atom stereocenters. The Labute approximate surface area is 184 Å². The monoisotopic (exact) mass is 418 g/mol. The maximum atomic E-state index is 6.11. The highest BCUT2D eigenvalue weighted by Crippen LogP contribution is 2.24. The van der Waals surface area contributed by atoms with Crippen molar-refractivity contribution < 1.29 is 9.47 Å². The maximum absolute atomic E-state index is 6.11. The SMILES string of the molecule is COCCc1ncc(CN2CCOC(c3cc(Cc4ccccc4)cc(C)n3)C2)cn1. The molecule has 1 aliphatic rings. The molecular weight excluding hydrogens is 388 g/mol. The van der Waals surface area contributed by atoms with E-state index in [9.17, 15) is 0 Å². The van der Waals surface area contributed by atoms with Crippen molar-refractivity contribution in [1.82, 2.24) is 19.9 Å². The molecule has 4 rings (SSSR count). The zero-order valence-electron chi connectivity index (χ0n) is 18.3. The summed E-state index contributed by atoms with van der Waals surface area (Å²) in [6, 6.07) is 14.9.